The second-order valence-corrected chi connectivity index (χ2v) is 4.71. The molecular formula is C12H16F2N2O2. The first-order valence-electron chi connectivity index (χ1n) is 6.00. The fraction of sp³-hybridized carbons (Fsp3) is 0.667. The number of rotatable bonds is 4. The Labute approximate surface area is 104 Å². The van der Waals surface area contributed by atoms with Crippen LogP contribution in [0.1, 0.15) is 35.8 Å². The summed E-state index contributed by atoms with van der Waals surface area (Å²) in [6, 6.07) is 0. The Morgan fingerprint density at radius 3 is 2.83 bits per heavy atom. The van der Waals surface area contributed by atoms with Crippen molar-refractivity contribution in [3.63, 3.8) is 0 Å². The zero-order chi connectivity index (χ0) is 13.3. The number of hydrogen-bond donors (Lipinski definition) is 0. The number of ether oxygens (including phenoxy) is 1. The first kappa shape index (κ1) is 13.0. The highest BCUT2D eigenvalue weighted by Gasteiger charge is 2.45. The number of halogens is 2. The average Bonchev–Trinajstić information content (AvgIpc) is 2.57. The molecule has 1 saturated carbocycles. The zero-order valence-corrected chi connectivity index (χ0v) is 10.4. The van der Waals surface area contributed by atoms with Gasteiger partial charge in [0.25, 0.3) is 0 Å². The summed E-state index contributed by atoms with van der Waals surface area (Å²) in [5.74, 6) is -3.11. The van der Waals surface area contributed by atoms with Gasteiger partial charge in [0, 0.05) is 24.9 Å². The number of esters is 1. The molecule has 18 heavy (non-hydrogen) atoms. The van der Waals surface area contributed by atoms with Gasteiger partial charge in [-0.15, -0.1) is 0 Å². The molecule has 0 atom stereocenters. The van der Waals surface area contributed by atoms with Crippen LogP contribution in [0.15, 0.2) is 6.20 Å². The molecule has 0 N–H and O–H groups in total. The Morgan fingerprint density at radius 2 is 2.28 bits per heavy atom. The Hall–Kier alpha value is -1.46. The van der Waals surface area contributed by atoms with E-state index in [0.29, 0.717) is 17.8 Å². The third kappa shape index (κ3) is 2.52. The molecule has 0 aromatic carbocycles. The molecule has 1 aliphatic carbocycles. The Balaban J connectivity index is 2.07. The van der Waals surface area contributed by atoms with E-state index >= 15 is 0 Å². The van der Waals surface area contributed by atoms with Crippen molar-refractivity contribution in [2.45, 2.75) is 39.2 Å². The second-order valence-electron chi connectivity index (χ2n) is 4.71. The highest BCUT2D eigenvalue weighted by Crippen LogP contribution is 2.43. The number of carbonyl (C=O) groups is 1. The summed E-state index contributed by atoms with van der Waals surface area (Å²) in [5, 5.41) is 4.06. The molecule has 2 rings (SSSR count). The number of aromatic nitrogens is 2. The first-order valence-corrected chi connectivity index (χ1v) is 6.00. The summed E-state index contributed by atoms with van der Waals surface area (Å²) in [7, 11) is 0. The number of carbonyl (C=O) groups excluding carboxylic acids is 1. The zero-order valence-electron chi connectivity index (χ0n) is 10.4. The second kappa shape index (κ2) is 4.66. The van der Waals surface area contributed by atoms with Gasteiger partial charge in [0.1, 0.15) is 5.69 Å². The predicted molar refractivity (Wildman–Crippen MR) is 60.6 cm³/mol. The fourth-order valence-corrected chi connectivity index (χ4v) is 2.24. The lowest BCUT2D eigenvalue weighted by molar-refractivity contribution is -0.114. The summed E-state index contributed by atoms with van der Waals surface area (Å²) >= 11 is 0. The monoisotopic (exact) mass is 258 g/mol. The first-order chi connectivity index (χ1) is 8.43. The van der Waals surface area contributed by atoms with Crippen LogP contribution in [0.5, 0.6) is 0 Å². The minimum Gasteiger partial charge on any atom is -0.461 e. The van der Waals surface area contributed by atoms with Crippen LogP contribution >= 0.6 is 0 Å². The molecular weight excluding hydrogens is 242 g/mol. The van der Waals surface area contributed by atoms with Gasteiger partial charge in [-0.25, -0.2) is 13.6 Å². The third-order valence-electron chi connectivity index (χ3n) is 3.10. The Bertz CT molecular complexity index is 449. The molecule has 1 aromatic heterocycles. The van der Waals surface area contributed by atoms with Gasteiger partial charge in [-0.3, -0.25) is 4.68 Å². The van der Waals surface area contributed by atoms with Crippen LogP contribution in [-0.4, -0.2) is 28.3 Å². The van der Waals surface area contributed by atoms with Gasteiger partial charge < -0.3 is 4.74 Å². The molecule has 0 spiro atoms. The summed E-state index contributed by atoms with van der Waals surface area (Å²) in [5.41, 5.74) is 1.08. The van der Waals surface area contributed by atoms with Gasteiger partial charge in [0.05, 0.1) is 12.8 Å². The molecule has 0 unspecified atom stereocenters. The van der Waals surface area contributed by atoms with Gasteiger partial charge in [0.15, 0.2) is 0 Å². The molecule has 0 radical (unpaired) electrons. The van der Waals surface area contributed by atoms with Crippen molar-refractivity contribution in [2.75, 3.05) is 6.61 Å². The van der Waals surface area contributed by atoms with E-state index in [1.165, 1.54) is 4.68 Å². The van der Waals surface area contributed by atoms with E-state index in [1.54, 1.807) is 20.0 Å². The summed E-state index contributed by atoms with van der Waals surface area (Å²) in [4.78, 5) is 11.7. The number of nitrogens with zero attached hydrogens (tertiary/aromatic N) is 2. The average molecular weight is 258 g/mol. The fourth-order valence-electron chi connectivity index (χ4n) is 2.24. The van der Waals surface area contributed by atoms with Gasteiger partial charge in [0.2, 0.25) is 5.92 Å². The van der Waals surface area contributed by atoms with Crippen molar-refractivity contribution < 1.29 is 18.3 Å². The standard InChI is InChI=1S/C12H16F2N2O2/c1-3-18-11(17)10-8(2)6-15-16(10)7-9-4-12(13,14)5-9/h6,9H,3-5,7H2,1-2H3. The van der Waals surface area contributed by atoms with Crippen molar-refractivity contribution in [1.82, 2.24) is 9.78 Å². The van der Waals surface area contributed by atoms with Gasteiger partial charge >= 0.3 is 5.97 Å². The van der Waals surface area contributed by atoms with E-state index < -0.39 is 11.9 Å². The van der Waals surface area contributed by atoms with E-state index in [0.717, 1.165) is 0 Å². The van der Waals surface area contributed by atoms with Crippen LogP contribution in [-0.2, 0) is 11.3 Å². The minimum atomic E-state index is -2.54. The summed E-state index contributed by atoms with van der Waals surface area (Å²) in [6.45, 7) is 4.11. The number of alkyl halides is 2. The highest BCUT2D eigenvalue weighted by atomic mass is 19.3. The van der Waals surface area contributed by atoms with Crippen LogP contribution in [0.25, 0.3) is 0 Å². The Morgan fingerprint density at radius 1 is 1.61 bits per heavy atom. The minimum absolute atomic E-state index is 0.118. The van der Waals surface area contributed by atoms with Gasteiger partial charge in [-0.2, -0.15) is 5.10 Å². The molecule has 0 saturated heterocycles. The van der Waals surface area contributed by atoms with Crippen molar-refractivity contribution in [3.05, 3.63) is 17.5 Å². The lowest BCUT2D eigenvalue weighted by Gasteiger charge is -2.34. The topological polar surface area (TPSA) is 44.1 Å². The maximum absolute atomic E-state index is 12.8. The molecule has 4 nitrogen and oxygen atoms in total. The normalized spacial score (nSPS) is 18.4. The Kier molecular flexibility index (Phi) is 3.36. The van der Waals surface area contributed by atoms with Crippen LogP contribution in [0.3, 0.4) is 0 Å². The van der Waals surface area contributed by atoms with E-state index in [1.807, 2.05) is 0 Å². The number of aryl methyl sites for hydroxylation is 1. The van der Waals surface area contributed by atoms with Crippen LogP contribution in [0.4, 0.5) is 8.78 Å². The molecule has 1 aromatic rings. The summed E-state index contributed by atoms with van der Waals surface area (Å²) < 4.78 is 31.9. The quantitative estimate of drug-likeness (QED) is 0.779. The number of hydrogen-bond acceptors (Lipinski definition) is 3. The van der Waals surface area contributed by atoms with E-state index in [2.05, 4.69) is 5.10 Å². The van der Waals surface area contributed by atoms with Gasteiger partial charge in [-0.1, -0.05) is 0 Å². The van der Waals surface area contributed by atoms with Crippen molar-refractivity contribution in [1.29, 1.82) is 0 Å². The molecule has 0 bridgehead atoms. The molecule has 1 aliphatic rings. The molecule has 100 valence electrons. The van der Waals surface area contributed by atoms with Crippen molar-refractivity contribution in [3.8, 4) is 0 Å². The van der Waals surface area contributed by atoms with E-state index in [-0.39, 0.29) is 25.4 Å². The van der Waals surface area contributed by atoms with E-state index in [4.69, 9.17) is 4.74 Å². The van der Waals surface area contributed by atoms with Crippen molar-refractivity contribution >= 4 is 5.97 Å². The molecule has 1 heterocycles. The lowest BCUT2D eigenvalue weighted by atomic mass is 9.81. The van der Waals surface area contributed by atoms with Crippen LogP contribution in [0, 0.1) is 12.8 Å². The highest BCUT2D eigenvalue weighted by molar-refractivity contribution is 5.89. The SMILES string of the molecule is CCOC(=O)c1c(C)cnn1CC1CC(F)(F)C1. The van der Waals surface area contributed by atoms with E-state index in [9.17, 15) is 13.6 Å². The molecule has 6 heteroatoms. The molecule has 0 amide bonds. The third-order valence-corrected chi connectivity index (χ3v) is 3.10. The molecule has 1 fully saturated rings. The van der Waals surface area contributed by atoms with Crippen molar-refractivity contribution in [2.24, 2.45) is 5.92 Å². The van der Waals surface area contributed by atoms with Gasteiger partial charge in [-0.05, 0) is 19.8 Å². The maximum atomic E-state index is 12.8. The largest absolute Gasteiger partial charge is 0.461 e. The lowest BCUT2D eigenvalue weighted by Crippen LogP contribution is -2.38. The maximum Gasteiger partial charge on any atom is 0.356 e. The predicted octanol–water partition coefficient (Wildman–Crippen LogP) is 2.41. The molecule has 0 aliphatic heterocycles. The smallest absolute Gasteiger partial charge is 0.356 e. The summed E-state index contributed by atoms with van der Waals surface area (Å²) in [6.07, 6.45) is 1.30. The van der Waals surface area contributed by atoms with Crippen LogP contribution < -0.4 is 0 Å². The van der Waals surface area contributed by atoms with Crippen LogP contribution in [0.2, 0.25) is 0 Å².